The van der Waals surface area contributed by atoms with Crippen LogP contribution in [0.5, 0.6) is 0 Å². The number of anilines is 1. The van der Waals surface area contributed by atoms with Gasteiger partial charge in [0.15, 0.2) is 11.5 Å². The molecule has 0 bridgehead atoms. The van der Waals surface area contributed by atoms with Crippen molar-refractivity contribution in [2.45, 2.75) is 31.6 Å². The predicted molar refractivity (Wildman–Crippen MR) is 97.5 cm³/mol. The number of fused-ring (bicyclic) bond motifs is 1. The highest BCUT2D eigenvalue weighted by Gasteiger charge is 2.39. The number of halogens is 3. The molecule has 1 fully saturated rings. The number of nitrogens with one attached hydrogen (secondary N) is 2. The molecule has 4 amide bonds. The number of hydrogen-bond donors (Lipinski definition) is 2. The Kier molecular flexibility index (Phi) is 4.91. The number of amides is 4. The molecule has 160 valence electrons. The standard InChI is InChI=1S/C19H14F3N5O4/c20-19(21,22)13-4-5-14(26-25-13)23-16(29)9-1-2-11-10(7-9)8-27(18(11)31)12-3-6-15(28)24-17(12)30/h1-2,4-5,7,12H,3,6,8H2,(H,23,26,29)(H,24,28,30). The van der Waals surface area contributed by atoms with Gasteiger partial charge in [0.25, 0.3) is 11.8 Å². The minimum absolute atomic E-state index is 0.0850. The van der Waals surface area contributed by atoms with E-state index in [1.165, 1.54) is 23.1 Å². The molecule has 1 aromatic carbocycles. The van der Waals surface area contributed by atoms with Gasteiger partial charge in [0, 0.05) is 24.1 Å². The molecule has 2 aliphatic heterocycles. The third kappa shape index (κ3) is 3.96. The Bertz CT molecular complexity index is 1100. The van der Waals surface area contributed by atoms with Crippen molar-refractivity contribution in [1.29, 1.82) is 0 Å². The summed E-state index contributed by atoms with van der Waals surface area (Å²) in [7, 11) is 0. The SMILES string of the molecule is O=C1CCC(N2Cc3cc(C(=O)Nc4ccc(C(F)(F)F)nn4)ccc3C2=O)C(=O)N1. The maximum Gasteiger partial charge on any atom is 0.435 e. The third-order valence-electron chi connectivity index (χ3n) is 4.98. The van der Waals surface area contributed by atoms with Crippen LogP contribution in [0.2, 0.25) is 0 Å². The molecule has 4 rings (SSSR count). The Morgan fingerprint density at radius 3 is 2.55 bits per heavy atom. The lowest BCUT2D eigenvalue weighted by Crippen LogP contribution is -2.52. The van der Waals surface area contributed by atoms with Gasteiger partial charge in [0.2, 0.25) is 11.8 Å². The predicted octanol–water partition coefficient (Wildman–Crippen LogP) is 1.51. The van der Waals surface area contributed by atoms with E-state index in [0.717, 1.165) is 6.07 Å². The second-order valence-electron chi connectivity index (χ2n) is 7.03. The fraction of sp³-hybridized carbons (Fsp3) is 0.263. The van der Waals surface area contributed by atoms with E-state index in [1.807, 2.05) is 0 Å². The summed E-state index contributed by atoms with van der Waals surface area (Å²) in [5.41, 5.74) is -0.190. The maximum absolute atomic E-state index is 12.7. The Labute approximate surface area is 172 Å². The molecule has 12 heteroatoms. The minimum atomic E-state index is -4.64. The summed E-state index contributed by atoms with van der Waals surface area (Å²) < 4.78 is 37.7. The van der Waals surface area contributed by atoms with Crippen LogP contribution in [0.4, 0.5) is 19.0 Å². The number of carbonyl (C=O) groups excluding carboxylic acids is 4. The molecule has 1 unspecified atom stereocenters. The van der Waals surface area contributed by atoms with Crippen molar-refractivity contribution in [2.75, 3.05) is 5.32 Å². The normalized spacial score (nSPS) is 18.6. The maximum atomic E-state index is 12.7. The Hall–Kier alpha value is -3.83. The smallest absolute Gasteiger partial charge is 0.322 e. The van der Waals surface area contributed by atoms with Crippen LogP contribution in [0, 0.1) is 0 Å². The van der Waals surface area contributed by atoms with Gasteiger partial charge >= 0.3 is 6.18 Å². The number of imide groups is 1. The van der Waals surface area contributed by atoms with Gasteiger partial charge in [-0.3, -0.25) is 24.5 Å². The summed E-state index contributed by atoms with van der Waals surface area (Å²) in [6.45, 7) is 0.0850. The van der Waals surface area contributed by atoms with Crippen LogP contribution in [0.3, 0.4) is 0 Å². The summed E-state index contributed by atoms with van der Waals surface area (Å²) in [6.07, 6.45) is -4.31. The van der Waals surface area contributed by atoms with Crippen molar-refractivity contribution in [3.63, 3.8) is 0 Å². The van der Waals surface area contributed by atoms with E-state index in [1.54, 1.807) is 0 Å². The summed E-state index contributed by atoms with van der Waals surface area (Å²) in [6, 6.07) is 5.19. The third-order valence-corrected chi connectivity index (χ3v) is 4.98. The number of hydrogen-bond acceptors (Lipinski definition) is 6. The van der Waals surface area contributed by atoms with Crippen molar-refractivity contribution in [3.05, 3.63) is 52.7 Å². The molecule has 3 heterocycles. The van der Waals surface area contributed by atoms with Crippen LogP contribution in [-0.4, -0.2) is 44.8 Å². The van der Waals surface area contributed by atoms with Crippen molar-refractivity contribution in [1.82, 2.24) is 20.4 Å². The highest BCUT2D eigenvalue weighted by molar-refractivity contribution is 6.07. The zero-order valence-electron chi connectivity index (χ0n) is 15.7. The molecule has 0 aliphatic carbocycles. The largest absolute Gasteiger partial charge is 0.435 e. The lowest BCUT2D eigenvalue weighted by molar-refractivity contribution is -0.142. The Morgan fingerprint density at radius 2 is 1.90 bits per heavy atom. The number of benzene rings is 1. The molecule has 2 aliphatic rings. The van der Waals surface area contributed by atoms with Crippen molar-refractivity contribution >= 4 is 29.4 Å². The molecule has 0 saturated carbocycles. The molecule has 0 spiro atoms. The Balaban J connectivity index is 1.48. The van der Waals surface area contributed by atoms with Gasteiger partial charge in [-0.15, -0.1) is 10.2 Å². The first-order chi connectivity index (χ1) is 14.6. The van der Waals surface area contributed by atoms with Gasteiger partial charge in [-0.1, -0.05) is 0 Å². The summed E-state index contributed by atoms with van der Waals surface area (Å²) in [4.78, 5) is 49.9. The van der Waals surface area contributed by atoms with E-state index in [-0.39, 0.29) is 36.7 Å². The highest BCUT2D eigenvalue weighted by Crippen LogP contribution is 2.29. The van der Waals surface area contributed by atoms with Gasteiger partial charge in [-0.2, -0.15) is 13.2 Å². The van der Waals surface area contributed by atoms with Crippen LogP contribution in [0.25, 0.3) is 0 Å². The average Bonchev–Trinajstić information content (AvgIpc) is 3.03. The Morgan fingerprint density at radius 1 is 1.13 bits per heavy atom. The van der Waals surface area contributed by atoms with Gasteiger partial charge in [0.1, 0.15) is 6.04 Å². The molecular formula is C19H14F3N5O4. The van der Waals surface area contributed by atoms with E-state index >= 15 is 0 Å². The topological polar surface area (TPSA) is 121 Å². The van der Waals surface area contributed by atoms with Crippen LogP contribution >= 0.6 is 0 Å². The first kappa shape index (κ1) is 20.4. The van der Waals surface area contributed by atoms with E-state index in [9.17, 15) is 32.3 Å². The molecule has 31 heavy (non-hydrogen) atoms. The number of rotatable bonds is 3. The molecule has 1 aromatic heterocycles. The van der Waals surface area contributed by atoms with Crippen molar-refractivity contribution < 1.29 is 32.3 Å². The van der Waals surface area contributed by atoms with Crippen LogP contribution < -0.4 is 10.6 Å². The second kappa shape index (κ2) is 7.45. The van der Waals surface area contributed by atoms with Crippen molar-refractivity contribution in [2.24, 2.45) is 0 Å². The lowest BCUT2D eigenvalue weighted by Gasteiger charge is -2.29. The number of alkyl halides is 3. The summed E-state index contributed by atoms with van der Waals surface area (Å²) in [5.74, 6) is -2.14. The monoisotopic (exact) mass is 433 g/mol. The number of aromatic nitrogens is 2. The molecular weight excluding hydrogens is 419 g/mol. The van der Waals surface area contributed by atoms with E-state index < -0.39 is 35.6 Å². The number of nitrogens with zero attached hydrogens (tertiary/aromatic N) is 3. The van der Waals surface area contributed by atoms with Crippen LogP contribution in [0.1, 0.15) is 44.8 Å². The fourth-order valence-electron chi connectivity index (χ4n) is 3.45. The molecule has 1 saturated heterocycles. The fourth-order valence-corrected chi connectivity index (χ4v) is 3.45. The molecule has 2 aromatic rings. The van der Waals surface area contributed by atoms with Gasteiger partial charge in [0.05, 0.1) is 0 Å². The minimum Gasteiger partial charge on any atom is -0.322 e. The first-order valence-electron chi connectivity index (χ1n) is 9.13. The molecule has 1 atom stereocenters. The second-order valence-corrected chi connectivity index (χ2v) is 7.03. The number of piperidine rings is 1. The quantitative estimate of drug-likeness (QED) is 0.708. The van der Waals surface area contributed by atoms with Gasteiger partial charge < -0.3 is 10.2 Å². The number of carbonyl (C=O) groups is 4. The van der Waals surface area contributed by atoms with Crippen LogP contribution in [-0.2, 0) is 22.3 Å². The summed E-state index contributed by atoms with van der Waals surface area (Å²) in [5, 5.41) is 10.9. The van der Waals surface area contributed by atoms with Crippen molar-refractivity contribution in [3.8, 4) is 0 Å². The molecule has 9 nitrogen and oxygen atoms in total. The lowest BCUT2D eigenvalue weighted by atomic mass is 10.0. The van der Waals surface area contributed by atoms with Crippen LogP contribution in [0.15, 0.2) is 30.3 Å². The van der Waals surface area contributed by atoms with E-state index in [2.05, 4.69) is 20.8 Å². The molecule has 2 N–H and O–H groups in total. The zero-order valence-corrected chi connectivity index (χ0v) is 15.7. The van der Waals surface area contributed by atoms with E-state index in [4.69, 9.17) is 0 Å². The van der Waals surface area contributed by atoms with Gasteiger partial charge in [-0.25, -0.2) is 0 Å². The first-order valence-corrected chi connectivity index (χ1v) is 9.13. The van der Waals surface area contributed by atoms with Gasteiger partial charge in [-0.05, 0) is 42.3 Å². The zero-order chi connectivity index (χ0) is 22.3. The summed E-state index contributed by atoms with van der Waals surface area (Å²) >= 11 is 0. The average molecular weight is 433 g/mol. The molecule has 0 radical (unpaired) electrons. The highest BCUT2D eigenvalue weighted by atomic mass is 19.4. The van der Waals surface area contributed by atoms with E-state index in [0.29, 0.717) is 17.2 Å².